The number of benzene rings is 1. The third-order valence-electron chi connectivity index (χ3n) is 3.58. The molecule has 25 heavy (non-hydrogen) atoms. The maximum absolute atomic E-state index is 11.9. The van der Waals surface area contributed by atoms with Crippen molar-refractivity contribution < 1.29 is 4.79 Å². The Hall–Kier alpha value is -2.85. The number of carbonyl (C=O) groups is 1. The van der Waals surface area contributed by atoms with Crippen molar-refractivity contribution in [2.24, 2.45) is 16.3 Å². The largest absolute Gasteiger partial charge is 0.382 e. The van der Waals surface area contributed by atoms with Crippen LogP contribution in [0.25, 0.3) is 0 Å². The number of anilines is 2. The average molecular weight is 359 g/mol. The predicted octanol–water partition coefficient (Wildman–Crippen LogP) is 3.25. The van der Waals surface area contributed by atoms with Crippen LogP contribution in [-0.4, -0.2) is 17.3 Å². The van der Waals surface area contributed by atoms with Gasteiger partial charge in [0.05, 0.1) is 11.4 Å². The van der Waals surface area contributed by atoms with Crippen molar-refractivity contribution >= 4 is 40.3 Å². The van der Waals surface area contributed by atoms with Crippen molar-refractivity contribution in [3.05, 3.63) is 35.0 Å². The molecule has 0 saturated heterocycles. The molecule has 0 bridgehead atoms. The van der Waals surface area contributed by atoms with Gasteiger partial charge in [-0.2, -0.15) is 10.4 Å². The molecule has 0 aliphatic heterocycles. The number of allylic oxidation sites excluding steroid dienone is 2. The van der Waals surface area contributed by atoms with Crippen LogP contribution in [0.15, 0.2) is 35.1 Å². The first-order valence-corrected chi connectivity index (χ1v) is 7.96. The number of nitrogens with two attached hydrogens (primary N) is 1. The second-order valence-corrected chi connectivity index (χ2v) is 7.00. The molecule has 8 heteroatoms. The van der Waals surface area contributed by atoms with Crippen molar-refractivity contribution in [3.8, 4) is 6.07 Å². The summed E-state index contributed by atoms with van der Waals surface area (Å²) in [5.74, 6) is -0.363. The molecule has 5 N–H and O–H groups in total. The number of hydrazone groups is 1. The van der Waals surface area contributed by atoms with Gasteiger partial charge in [0.2, 0.25) is 5.71 Å². The van der Waals surface area contributed by atoms with E-state index in [4.69, 9.17) is 28.0 Å². The zero-order chi connectivity index (χ0) is 18.6. The van der Waals surface area contributed by atoms with E-state index in [9.17, 15) is 4.79 Å². The quantitative estimate of drug-likeness (QED) is 0.365. The summed E-state index contributed by atoms with van der Waals surface area (Å²) in [6.45, 7) is 4.08. The van der Waals surface area contributed by atoms with E-state index in [1.165, 1.54) is 0 Å². The van der Waals surface area contributed by atoms with Crippen LogP contribution in [0.2, 0.25) is 5.02 Å². The summed E-state index contributed by atoms with van der Waals surface area (Å²) in [7, 11) is 0. The van der Waals surface area contributed by atoms with Gasteiger partial charge in [0, 0.05) is 23.2 Å². The zero-order valence-electron chi connectivity index (χ0n) is 14.0. The van der Waals surface area contributed by atoms with E-state index in [2.05, 4.69) is 15.8 Å². The van der Waals surface area contributed by atoms with Crippen LogP contribution in [0.5, 0.6) is 0 Å². The molecule has 0 amide bonds. The minimum atomic E-state index is -0.436. The van der Waals surface area contributed by atoms with Gasteiger partial charge >= 0.3 is 0 Å². The summed E-state index contributed by atoms with van der Waals surface area (Å²) in [5, 5.41) is 23.7. The van der Waals surface area contributed by atoms with Gasteiger partial charge in [-0.15, -0.1) is 0 Å². The van der Waals surface area contributed by atoms with Crippen molar-refractivity contribution in [2.75, 3.05) is 10.7 Å². The fourth-order valence-electron chi connectivity index (χ4n) is 2.58. The van der Waals surface area contributed by atoms with Crippen LogP contribution in [0, 0.1) is 22.2 Å². The number of amidine groups is 1. The van der Waals surface area contributed by atoms with Gasteiger partial charge in [-0.05, 0) is 30.0 Å². The van der Waals surface area contributed by atoms with Gasteiger partial charge in [-0.3, -0.25) is 15.6 Å². The average Bonchev–Trinajstić information content (AvgIpc) is 2.48. The van der Waals surface area contributed by atoms with Gasteiger partial charge < -0.3 is 11.1 Å². The number of ketones is 1. The van der Waals surface area contributed by atoms with Crippen molar-refractivity contribution in [3.63, 3.8) is 0 Å². The normalized spacial score (nSPS) is 16.6. The summed E-state index contributed by atoms with van der Waals surface area (Å²) in [4.78, 5) is 11.9. The summed E-state index contributed by atoms with van der Waals surface area (Å²) < 4.78 is 0. The lowest BCUT2D eigenvalue weighted by molar-refractivity contribution is -0.117. The topological polar surface area (TPSA) is 127 Å². The highest BCUT2D eigenvalue weighted by atomic mass is 35.5. The van der Waals surface area contributed by atoms with E-state index in [0.717, 1.165) is 12.1 Å². The molecule has 0 atom stereocenters. The van der Waals surface area contributed by atoms with Crippen molar-refractivity contribution in [1.82, 2.24) is 0 Å². The van der Waals surface area contributed by atoms with Crippen LogP contribution in [0.4, 0.5) is 11.4 Å². The standard InChI is InChI=1S/C17H19ClN6O/c1-17(2)7-11(6-12(25)8-17)22-13-4-3-10(18)5-14(13)23-24-15(9-19)16(20)21/h3-6,22-23H,7-8H2,1-2H3,(H3,20,21)/b24-15+. The second kappa shape index (κ2) is 7.36. The molecule has 0 unspecified atom stereocenters. The van der Waals surface area contributed by atoms with Crippen LogP contribution in [0.1, 0.15) is 26.7 Å². The van der Waals surface area contributed by atoms with Crippen LogP contribution >= 0.6 is 11.6 Å². The number of nitrogens with one attached hydrogen (secondary N) is 3. The van der Waals surface area contributed by atoms with E-state index in [1.807, 2.05) is 13.8 Å². The van der Waals surface area contributed by atoms with E-state index in [-0.39, 0.29) is 16.9 Å². The number of hydrogen-bond acceptors (Lipinski definition) is 6. The van der Waals surface area contributed by atoms with E-state index in [0.29, 0.717) is 22.8 Å². The molecule has 1 aromatic carbocycles. The Morgan fingerprint density at radius 3 is 2.72 bits per heavy atom. The Morgan fingerprint density at radius 1 is 1.40 bits per heavy atom. The third kappa shape index (κ3) is 5.06. The smallest absolute Gasteiger partial charge is 0.201 e. The monoisotopic (exact) mass is 358 g/mol. The van der Waals surface area contributed by atoms with Crippen molar-refractivity contribution in [1.29, 1.82) is 10.7 Å². The number of hydrogen-bond donors (Lipinski definition) is 4. The van der Waals surface area contributed by atoms with E-state index < -0.39 is 5.84 Å². The molecule has 0 aromatic heterocycles. The first-order chi connectivity index (χ1) is 11.7. The fraction of sp³-hybridized carbons (Fsp3) is 0.294. The third-order valence-corrected chi connectivity index (χ3v) is 3.82. The highest BCUT2D eigenvalue weighted by Crippen LogP contribution is 2.35. The molecule has 0 spiro atoms. The lowest BCUT2D eigenvalue weighted by Crippen LogP contribution is -2.24. The lowest BCUT2D eigenvalue weighted by Gasteiger charge is -2.29. The molecular weight excluding hydrogens is 340 g/mol. The predicted molar refractivity (Wildman–Crippen MR) is 99.8 cm³/mol. The Morgan fingerprint density at radius 2 is 2.12 bits per heavy atom. The number of nitriles is 1. The fourth-order valence-corrected chi connectivity index (χ4v) is 2.75. The Bertz CT molecular complexity index is 819. The van der Waals surface area contributed by atoms with Gasteiger partial charge in [0.25, 0.3) is 0 Å². The minimum absolute atomic E-state index is 0.0728. The molecule has 130 valence electrons. The lowest BCUT2D eigenvalue weighted by atomic mass is 9.79. The maximum atomic E-state index is 11.9. The summed E-state index contributed by atoms with van der Waals surface area (Å²) >= 11 is 6.02. The summed E-state index contributed by atoms with van der Waals surface area (Å²) in [5.41, 5.74) is 9.55. The molecule has 0 saturated carbocycles. The number of carbonyl (C=O) groups excluding carboxylic acids is 1. The van der Waals surface area contributed by atoms with Gasteiger partial charge in [0.1, 0.15) is 6.07 Å². The SMILES string of the molecule is CC1(C)CC(=O)C=C(Nc2ccc(Cl)cc2N/N=C(\C#N)C(=N)N)C1. The Balaban J connectivity index is 2.29. The van der Waals surface area contributed by atoms with E-state index in [1.54, 1.807) is 30.3 Å². The van der Waals surface area contributed by atoms with Crippen LogP contribution in [-0.2, 0) is 4.79 Å². The molecular formula is C17H19ClN6O. The first kappa shape index (κ1) is 18.5. The highest BCUT2D eigenvalue weighted by Gasteiger charge is 2.27. The first-order valence-electron chi connectivity index (χ1n) is 7.58. The molecule has 7 nitrogen and oxygen atoms in total. The molecule has 1 aliphatic rings. The molecule has 1 aromatic rings. The van der Waals surface area contributed by atoms with Crippen molar-refractivity contribution in [2.45, 2.75) is 26.7 Å². The Labute approximate surface area is 151 Å². The van der Waals surface area contributed by atoms with Gasteiger partial charge in [-0.1, -0.05) is 25.4 Å². The number of halogens is 1. The second-order valence-electron chi connectivity index (χ2n) is 6.57. The van der Waals surface area contributed by atoms with Gasteiger partial charge in [0.15, 0.2) is 11.6 Å². The molecule has 0 heterocycles. The molecule has 2 rings (SSSR count). The molecule has 1 aliphatic carbocycles. The summed E-state index contributed by atoms with van der Waals surface area (Å²) in [6.07, 6.45) is 2.84. The molecule has 0 fully saturated rings. The zero-order valence-corrected chi connectivity index (χ0v) is 14.7. The van der Waals surface area contributed by atoms with Crippen LogP contribution < -0.4 is 16.5 Å². The van der Waals surface area contributed by atoms with Gasteiger partial charge in [-0.25, -0.2) is 0 Å². The highest BCUT2D eigenvalue weighted by molar-refractivity contribution is 6.45. The summed E-state index contributed by atoms with van der Waals surface area (Å²) in [6, 6.07) is 6.80. The maximum Gasteiger partial charge on any atom is 0.201 e. The number of nitrogens with zero attached hydrogens (tertiary/aromatic N) is 2. The Kier molecular flexibility index (Phi) is 5.45. The molecule has 0 radical (unpaired) electrons. The number of rotatable bonds is 5. The minimum Gasteiger partial charge on any atom is -0.382 e. The van der Waals surface area contributed by atoms with E-state index >= 15 is 0 Å². The van der Waals surface area contributed by atoms with Crippen LogP contribution in [0.3, 0.4) is 0 Å².